The van der Waals surface area contributed by atoms with Gasteiger partial charge in [0.15, 0.2) is 5.84 Å². The molecule has 6 heteroatoms. The Hall–Kier alpha value is -1.46. The highest BCUT2D eigenvalue weighted by atomic mass is 35.5. The van der Waals surface area contributed by atoms with Crippen LogP contribution in [0.4, 0.5) is 5.69 Å². The Labute approximate surface area is 117 Å². The van der Waals surface area contributed by atoms with E-state index in [4.69, 9.17) is 27.6 Å². The molecular weight excluding hydrogens is 266 g/mol. The first-order chi connectivity index (χ1) is 9.15. The van der Waals surface area contributed by atoms with Gasteiger partial charge in [-0.05, 0) is 37.0 Å². The first kappa shape index (κ1) is 14.0. The number of benzene rings is 1. The number of aliphatic hydroxyl groups excluding tert-OH is 1. The van der Waals surface area contributed by atoms with Crippen LogP contribution in [0.3, 0.4) is 0 Å². The zero-order valence-corrected chi connectivity index (χ0v) is 11.3. The van der Waals surface area contributed by atoms with Gasteiger partial charge in [0.25, 0.3) is 0 Å². The summed E-state index contributed by atoms with van der Waals surface area (Å²) in [4.78, 5) is 2.21. The minimum atomic E-state index is 0.0491. The third-order valence-corrected chi connectivity index (χ3v) is 3.82. The second-order valence-corrected chi connectivity index (χ2v) is 5.17. The van der Waals surface area contributed by atoms with E-state index in [1.54, 1.807) is 12.1 Å². The maximum absolute atomic E-state index is 8.97. The fourth-order valence-electron chi connectivity index (χ4n) is 2.45. The molecule has 0 saturated carbocycles. The van der Waals surface area contributed by atoms with Crippen molar-refractivity contribution in [1.29, 1.82) is 0 Å². The molecule has 5 nitrogen and oxygen atoms in total. The van der Waals surface area contributed by atoms with Crippen molar-refractivity contribution >= 4 is 23.1 Å². The van der Waals surface area contributed by atoms with Gasteiger partial charge in [0.05, 0.1) is 10.7 Å². The van der Waals surface area contributed by atoms with Crippen molar-refractivity contribution in [1.82, 2.24) is 0 Å². The van der Waals surface area contributed by atoms with Crippen LogP contribution in [0.2, 0.25) is 5.02 Å². The lowest BCUT2D eigenvalue weighted by molar-refractivity contribution is 0.263. The van der Waals surface area contributed by atoms with Gasteiger partial charge in [-0.3, -0.25) is 0 Å². The number of anilines is 1. The first-order valence-corrected chi connectivity index (χ1v) is 6.66. The first-order valence-electron chi connectivity index (χ1n) is 6.29. The summed E-state index contributed by atoms with van der Waals surface area (Å²) in [7, 11) is 0. The van der Waals surface area contributed by atoms with Crippen LogP contribution in [0, 0.1) is 5.92 Å². The number of hydrogen-bond donors (Lipinski definition) is 3. The SMILES string of the molecule is N/C(=N/O)c1ccc(N2CCC(CCO)C2)c(Cl)c1. The van der Waals surface area contributed by atoms with Gasteiger partial charge >= 0.3 is 0 Å². The van der Waals surface area contributed by atoms with Gasteiger partial charge < -0.3 is 20.9 Å². The number of aliphatic hydroxyl groups is 1. The second kappa shape index (κ2) is 6.12. The Bertz CT molecular complexity index is 479. The molecule has 1 fully saturated rings. The Balaban J connectivity index is 2.14. The molecule has 1 saturated heterocycles. The molecule has 2 rings (SSSR count). The number of amidine groups is 1. The lowest BCUT2D eigenvalue weighted by atomic mass is 10.1. The number of halogens is 1. The Kier molecular flexibility index (Phi) is 4.50. The van der Waals surface area contributed by atoms with E-state index in [2.05, 4.69) is 10.1 Å². The molecule has 19 heavy (non-hydrogen) atoms. The monoisotopic (exact) mass is 283 g/mol. The molecule has 0 aliphatic carbocycles. The number of oxime groups is 1. The van der Waals surface area contributed by atoms with E-state index in [1.807, 2.05) is 6.07 Å². The molecule has 0 radical (unpaired) electrons. The van der Waals surface area contributed by atoms with Crippen molar-refractivity contribution in [3.05, 3.63) is 28.8 Å². The molecule has 1 aliphatic rings. The zero-order chi connectivity index (χ0) is 13.8. The highest BCUT2D eigenvalue weighted by Crippen LogP contribution is 2.32. The largest absolute Gasteiger partial charge is 0.409 e. The van der Waals surface area contributed by atoms with Crippen LogP contribution < -0.4 is 10.6 Å². The number of hydrogen-bond acceptors (Lipinski definition) is 4. The molecule has 0 bridgehead atoms. The molecule has 1 aromatic rings. The number of rotatable bonds is 4. The van der Waals surface area contributed by atoms with Crippen molar-refractivity contribution in [3.63, 3.8) is 0 Å². The van der Waals surface area contributed by atoms with Gasteiger partial charge in [0.1, 0.15) is 0 Å². The topological polar surface area (TPSA) is 82.1 Å². The molecule has 104 valence electrons. The highest BCUT2D eigenvalue weighted by Gasteiger charge is 2.23. The lowest BCUT2D eigenvalue weighted by Gasteiger charge is -2.20. The maximum atomic E-state index is 8.97. The Morgan fingerprint density at radius 2 is 2.32 bits per heavy atom. The predicted molar refractivity (Wildman–Crippen MR) is 76.0 cm³/mol. The lowest BCUT2D eigenvalue weighted by Crippen LogP contribution is -2.21. The van der Waals surface area contributed by atoms with Crippen LogP contribution in [-0.2, 0) is 0 Å². The van der Waals surface area contributed by atoms with E-state index < -0.39 is 0 Å². The van der Waals surface area contributed by atoms with Crippen LogP contribution in [0.1, 0.15) is 18.4 Å². The summed E-state index contributed by atoms with van der Waals surface area (Å²) in [6.07, 6.45) is 1.90. The predicted octanol–water partition coefficient (Wildman–Crippen LogP) is 1.64. The van der Waals surface area contributed by atoms with Crippen molar-refractivity contribution in [2.75, 3.05) is 24.6 Å². The minimum Gasteiger partial charge on any atom is -0.409 e. The van der Waals surface area contributed by atoms with Crippen LogP contribution in [0.5, 0.6) is 0 Å². The normalized spacial score (nSPS) is 20.0. The minimum absolute atomic E-state index is 0.0491. The van der Waals surface area contributed by atoms with Crippen LogP contribution in [-0.4, -0.2) is 35.8 Å². The van der Waals surface area contributed by atoms with E-state index >= 15 is 0 Å². The van der Waals surface area contributed by atoms with Gasteiger partial charge in [0, 0.05) is 25.3 Å². The Morgan fingerprint density at radius 1 is 1.53 bits per heavy atom. The summed E-state index contributed by atoms with van der Waals surface area (Å²) < 4.78 is 0. The summed E-state index contributed by atoms with van der Waals surface area (Å²) in [5.41, 5.74) is 7.08. The average Bonchev–Trinajstić information content (AvgIpc) is 2.86. The molecule has 1 unspecified atom stereocenters. The summed E-state index contributed by atoms with van der Waals surface area (Å²) >= 11 is 6.25. The molecule has 0 aromatic heterocycles. The molecule has 1 atom stereocenters. The van der Waals surface area contributed by atoms with Gasteiger partial charge in [0.2, 0.25) is 0 Å². The summed E-state index contributed by atoms with van der Waals surface area (Å²) in [5, 5.41) is 21.2. The quantitative estimate of drug-likeness (QED) is 0.340. The van der Waals surface area contributed by atoms with Gasteiger partial charge in [-0.25, -0.2) is 0 Å². The average molecular weight is 284 g/mol. The van der Waals surface area contributed by atoms with Crippen molar-refractivity contribution in [2.45, 2.75) is 12.8 Å². The zero-order valence-electron chi connectivity index (χ0n) is 10.6. The van der Waals surface area contributed by atoms with Crippen molar-refractivity contribution in [2.24, 2.45) is 16.8 Å². The third-order valence-electron chi connectivity index (χ3n) is 3.52. The fraction of sp³-hybridized carbons (Fsp3) is 0.462. The summed E-state index contributed by atoms with van der Waals surface area (Å²) in [6, 6.07) is 5.37. The van der Waals surface area contributed by atoms with E-state index in [-0.39, 0.29) is 12.4 Å². The second-order valence-electron chi connectivity index (χ2n) is 4.76. The van der Waals surface area contributed by atoms with Crippen LogP contribution >= 0.6 is 11.6 Å². The van der Waals surface area contributed by atoms with Crippen LogP contribution in [0.25, 0.3) is 0 Å². The molecule has 0 spiro atoms. The van der Waals surface area contributed by atoms with Crippen LogP contribution in [0.15, 0.2) is 23.4 Å². The highest BCUT2D eigenvalue weighted by molar-refractivity contribution is 6.33. The van der Waals surface area contributed by atoms with E-state index in [0.717, 1.165) is 31.6 Å². The number of nitrogens with two attached hydrogens (primary N) is 1. The molecule has 4 N–H and O–H groups in total. The summed E-state index contributed by atoms with van der Waals surface area (Å²) in [6.45, 7) is 2.07. The van der Waals surface area contributed by atoms with Crippen molar-refractivity contribution in [3.8, 4) is 0 Å². The van der Waals surface area contributed by atoms with Gasteiger partial charge in [-0.1, -0.05) is 16.8 Å². The fourth-order valence-corrected chi connectivity index (χ4v) is 2.75. The Morgan fingerprint density at radius 3 is 2.95 bits per heavy atom. The van der Waals surface area contributed by atoms with E-state index in [9.17, 15) is 0 Å². The summed E-state index contributed by atoms with van der Waals surface area (Å²) in [5.74, 6) is 0.567. The van der Waals surface area contributed by atoms with E-state index in [0.29, 0.717) is 16.5 Å². The number of nitrogens with zero attached hydrogens (tertiary/aromatic N) is 2. The smallest absolute Gasteiger partial charge is 0.170 e. The van der Waals surface area contributed by atoms with Gasteiger partial charge in [-0.15, -0.1) is 0 Å². The standard InChI is InChI=1S/C13H18ClN3O2/c14-11-7-10(13(15)16-19)1-2-12(11)17-5-3-9(8-17)4-6-18/h1-2,7,9,18-19H,3-6,8H2,(H2,15,16). The molecule has 1 heterocycles. The van der Waals surface area contributed by atoms with Gasteiger partial charge in [-0.2, -0.15) is 0 Å². The van der Waals surface area contributed by atoms with E-state index in [1.165, 1.54) is 0 Å². The maximum Gasteiger partial charge on any atom is 0.170 e. The molecule has 1 aliphatic heterocycles. The van der Waals surface area contributed by atoms with Crippen molar-refractivity contribution < 1.29 is 10.3 Å². The molecule has 0 amide bonds. The molecule has 1 aromatic carbocycles. The molecular formula is C13H18ClN3O2. The third kappa shape index (κ3) is 3.11.